The van der Waals surface area contributed by atoms with E-state index in [0.29, 0.717) is 18.7 Å². The quantitative estimate of drug-likeness (QED) is 0.758. The smallest absolute Gasteiger partial charge is 0.251 e. The van der Waals surface area contributed by atoms with Crippen LogP contribution < -0.4 is 5.32 Å². The Balaban J connectivity index is 2.78. The number of aliphatic hydroxyl groups is 1. The van der Waals surface area contributed by atoms with Crippen LogP contribution in [0, 0.1) is 18.8 Å². The lowest BCUT2D eigenvalue weighted by molar-refractivity contribution is 0.0285. The van der Waals surface area contributed by atoms with E-state index in [2.05, 4.69) is 17.2 Å². The first kappa shape index (κ1) is 17.2. The summed E-state index contributed by atoms with van der Waals surface area (Å²) in [7, 11) is 3.16. The van der Waals surface area contributed by atoms with Gasteiger partial charge >= 0.3 is 0 Å². The first-order valence-corrected chi connectivity index (χ1v) is 6.63. The van der Waals surface area contributed by atoms with Crippen LogP contribution in [0.4, 0.5) is 0 Å². The van der Waals surface area contributed by atoms with Crippen LogP contribution >= 0.6 is 0 Å². The minimum Gasteiger partial charge on any atom is -0.384 e. The number of benzene rings is 1. The Kier molecular flexibility index (Phi) is 7.48. The number of amides is 1. The predicted molar refractivity (Wildman–Crippen MR) is 80.1 cm³/mol. The van der Waals surface area contributed by atoms with Crippen molar-refractivity contribution in [2.24, 2.45) is 0 Å². The van der Waals surface area contributed by atoms with Gasteiger partial charge in [-0.1, -0.05) is 17.9 Å². The van der Waals surface area contributed by atoms with Crippen molar-refractivity contribution in [2.45, 2.75) is 13.0 Å². The van der Waals surface area contributed by atoms with E-state index in [1.165, 1.54) is 0 Å². The molecule has 1 aromatic rings. The molecule has 0 aliphatic heterocycles. The summed E-state index contributed by atoms with van der Waals surface area (Å²) in [6, 6.07) is 5.33. The van der Waals surface area contributed by atoms with Crippen molar-refractivity contribution in [1.82, 2.24) is 5.32 Å². The van der Waals surface area contributed by atoms with Crippen LogP contribution in [0.1, 0.15) is 21.5 Å². The average molecular weight is 291 g/mol. The van der Waals surface area contributed by atoms with Gasteiger partial charge < -0.3 is 19.9 Å². The normalized spacial score (nSPS) is 11.4. The topological polar surface area (TPSA) is 67.8 Å². The first-order chi connectivity index (χ1) is 10.1. The van der Waals surface area contributed by atoms with E-state index >= 15 is 0 Å². The van der Waals surface area contributed by atoms with Gasteiger partial charge in [0.25, 0.3) is 5.91 Å². The minimum absolute atomic E-state index is 0.182. The van der Waals surface area contributed by atoms with Gasteiger partial charge in [-0.25, -0.2) is 0 Å². The summed E-state index contributed by atoms with van der Waals surface area (Å²) in [4.78, 5) is 12.2. The molecule has 0 aromatic heterocycles. The lowest BCUT2D eigenvalue weighted by Crippen LogP contribution is -2.35. The monoisotopic (exact) mass is 291 g/mol. The van der Waals surface area contributed by atoms with Crippen molar-refractivity contribution in [3.8, 4) is 11.8 Å². The molecular weight excluding hydrogens is 270 g/mol. The average Bonchev–Trinajstić information content (AvgIpc) is 2.50. The van der Waals surface area contributed by atoms with Gasteiger partial charge in [0.1, 0.15) is 6.61 Å². The van der Waals surface area contributed by atoms with E-state index < -0.39 is 0 Å². The Morgan fingerprint density at radius 2 is 2.19 bits per heavy atom. The number of carbonyl (C=O) groups is 1. The Bertz CT molecular complexity index is 531. The van der Waals surface area contributed by atoms with Crippen molar-refractivity contribution in [3.63, 3.8) is 0 Å². The fraction of sp³-hybridized carbons (Fsp3) is 0.438. The van der Waals surface area contributed by atoms with Crippen LogP contribution in [0.5, 0.6) is 0 Å². The van der Waals surface area contributed by atoms with Crippen LogP contribution in [-0.2, 0) is 9.47 Å². The van der Waals surface area contributed by atoms with Crippen LogP contribution in [-0.4, -0.2) is 51.1 Å². The van der Waals surface area contributed by atoms with Crippen molar-refractivity contribution in [3.05, 3.63) is 34.9 Å². The molecule has 0 spiro atoms. The Morgan fingerprint density at radius 3 is 2.81 bits per heavy atom. The summed E-state index contributed by atoms with van der Waals surface area (Å²) in [6.45, 7) is 2.41. The molecule has 21 heavy (non-hydrogen) atoms. The number of carbonyl (C=O) groups excluding carboxylic acids is 1. The molecule has 5 heteroatoms. The molecule has 0 saturated heterocycles. The molecule has 2 N–H and O–H groups in total. The molecule has 0 saturated carbocycles. The van der Waals surface area contributed by atoms with Gasteiger partial charge in [-0.05, 0) is 24.6 Å². The van der Waals surface area contributed by atoms with Gasteiger partial charge in [0.15, 0.2) is 0 Å². The summed E-state index contributed by atoms with van der Waals surface area (Å²) >= 11 is 0. The highest BCUT2D eigenvalue weighted by Gasteiger charge is 2.13. The van der Waals surface area contributed by atoms with Crippen LogP contribution in [0.25, 0.3) is 0 Å². The number of aliphatic hydroxyl groups excluding tert-OH is 1. The third-order valence-corrected chi connectivity index (χ3v) is 3.06. The summed E-state index contributed by atoms with van der Waals surface area (Å²) in [5.41, 5.74) is 2.08. The largest absolute Gasteiger partial charge is 0.384 e. The van der Waals surface area contributed by atoms with Crippen molar-refractivity contribution in [1.29, 1.82) is 0 Å². The standard InChI is InChI=1S/C16H21NO4/c1-12-13(7-5-9-18)6-4-8-15(12)16(19)17-10-14(21-3)11-20-2/h4,6,8,14,18H,9-11H2,1-3H3,(H,17,19). The lowest BCUT2D eigenvalue weighted by atomic mass is 10.0. The number of hydrogen-bond donors (Lipinski definition) is 2. The first-order valence-electron chi connectivity index (χ1n) is 6.63. The summed E-state index contributed by atoms with van der Waals surface area (Å²) in [5.74, 6) is 5.23. The second-order valence-electron chi connectivity index (χ2n) is 4.46. The molecule has 1 rings (SSSR count). The molecule has 114 valence electrons. The summed E-state index contributed by atoms with van der Waals surface area (Å²) in [6.07, 6.45) is -0.184. The number of ether oxygens (including phenoxy) is 2. The third kappa shape index (κ3) is 5.20. The molecule has 1 unspecified atom stereocenters. The van der Waals surface area contributed by atoms with Crippen LogP contribution in [0.2, 0.25) is 0 Å². The zero-order valence-electron chi connectivity index (χ0n) is 12.6. The Hall–Kier alpha value is -1.87. The number of hydrogen-bond acceptors (Lipinski definition) is 4. The predicted octanol–water partition coefficient (Wildman–Crippen LogP) is 0.730. The zero-order valence-corrected chi connectivity index (χ0v) is 12.6. The van der Waals surface area contributed by atoms with Crippen LogP contribution in [0.3, 0.4) is 0 Å². The molecule has 1 amide bonds. The number of nitrogens with one attached hydrogen (secondary N) is 1. The van der Waals surface area contributed by atoms with Gasteiger partial charge in [-0.2, -0.15) is 0 Å². The maximum Gasteiger partial charge on any atom is 0.251 e. The molecule has 1 aromatic carbocycles. The van der Waals surface area contributed by atoms with Gasteiger partial charge in [0, 0.05) is 31.9 Å². The second-order valence-corrected chi connectivity index (χ2v) is 4.46. The highest BCUT2D eigenvalue weighted by molar-refractivity contribution is 5.96. The van der Waals surface area contributed by atoms with E-state index in [-0.39, 0.29) is 18.6 Å². The van der Waals surface area contributed by atoms with Crippen molar-refractivity contribution < 1.29 is 19.4 Å². The highest BCUT2D eigenvalue weighted by atomic mass is 16.5. The molecule has 0 bridgehead atoms. The highest BCUT2D eigenvalue weighted by Crippen LogP contribution is 2.12. The maximum atomic E-state index is 12.2. The zero-order chi connectivity index (χ0) is 15.7. The van der Waals surface area contributed by atoms with E-state index in [0.717, 1.165) is 11.1 Å². The summed E-state index contributed by atoms with van der Waals surface area (Å²) in [5, 5.41) is 11.6. The number of rotatable bonds is 6. The number of methoxy groups -OCH3 is 2. The van der Waals surface area contributed by atoms with Gasteiger partial charge in [-0.3, -0.25) is 4.79 Å². The van der Waals surface area contributed by atoms with E-state index in [1.807, 2.05) is 13.0 Å². The fourth-order valence-electron chi connectivity index (χ4n) is 1.85. The minimum atomic E-state index is -0.206. The second kappa shape index (κ2) is 9.14. The lowest BCUT2D eigenvalue weighted by Gasteiger charge is -2.15. The van der Waals surface area contributed by atoms with E-state index in [1.54, 1.807) is 26.4 Å². The van der Waals surface area contributed by atoms with Gasteiger partial charge in [-0.15, -0.1) is 0 Å². The van der Waals surface area contributed by atoms with E-state index in [4.69, 9.17) is 14.6 Å². The molecule has 5 nitrogen and oxygen atoms in total. The summed E-state index contributed by atoms with van der Waals surface area (Å²) < 4.78 is 10.2. The van der Waals surface area contributed by atoms with Crippen molar-refractivity contribution in [2.75, 3.05) is 34.0 Å². The molecule has 0 aliphatic carbocycles. The third-order valence-electron chi connectivity index (χ3n) is 3.06. The van der Waals surface area contributed by atoms with Crippen molar-refractivity contribution >= 4 is 5.91 Å². The molecule has 0 radical (unpaired) electrons. The maximum absolute atomic E-state index is 12.2. The van der Waals surface area contributed by atoms with Gasteiger partial charge in [0.2, 0.25) is 0 Å². The van der Waals surface area contributed by atoms with Crippen LogP contribution in [0.15, 0.2) is 18.2 Å². The fourth-order valence-corrected chi connectivity index (χ4v) is 1.85. The molecule has 0 fully saturated rings. The Morgan fingerprint density at radius 1 is 1.43 bits per heavy atom. The molecule has 0 heterocycles. The SMILES string of the molecule is COCC(CNC(=O)c1cccc(C#CCO)c1C)OC. The van der Waals surface area contributed by atoms with E-state index in [9.17, 15) is 4.79 Å². The Labute approximate surface area is 125 Å². The van der Waals surface area contributed by atoms with Gasteiger partial charge in [0.05, 0.1) is 12.7 Å². The molecule has 1 atom stereocenters. The molecule has 0 aliphatic rings. The molecular formula is C16H21NO4.